The fourth-order valence-electron chi connectivity index (χ4n) is 3.40. The number of halogens is 1. The zero-order valence-corrected chi connectivity index (χ0v) is 19.7. The molecule has 1 N–H and O–H groups in total. The van der Waals surface area contributed by atoms with Crippen LogP contribution >= 0.6 is 24.0 Å². The average Bonchev–Trinajstić information content (AvgIpc) is 3.21. The predicted octanol–water partition coefficient (Wildman–Crippen LogP) is 4.32. The van der Waals surface area contributed by atoms with Crippen LogP contribution in [0.2, 0.25) is 0 Å². The van der Waals surface area contributed by atoms with Crippen LogP contribution in [0.5, 0.6) is 5.75 Å². The zero-order chi connectivity index (χ0) is 19.6. The molecule has 29 heavy (non-hydrogen) atoms. The summed E-state index contributed by atoms with van der Waals surface area (Å²) in [5, 5.41) is 3.43. The Morgan fingerprint density at radius 3 is 2.55 bits per heavy atom. The molecule has 1 saturated heterocycles. The highest BCUT2D eigenvalue weighted by molar-refractivity contribution is 14.0. The van der Waals surface area contributed by atoms with Gasteiger partial charge in [0.1, 0.15) is 5.75 Å². The van der Waals surface area contributed by atoms with Gasteiger partial charge in [0.15, 0.2) is 5.96 Å². The largest absolute Gasteiger partial charge is 0.497 e. The second kappa shape index (κ2) is 12.7. The van der Waals surface area contributed by atoms with Crippen molar-refractivity contribution >= 4 is 29.9 Å². The highest BCUT2D eigenvalue weighted by Crippen LogP contribution is 2.18. The van der Waals surface area contributed by atoms with E-state index >= 15 is 0 Å². The molecule has 6 heteroatoms. The molecule has 5 nitrogen and oxygen atoms in total. The Labute approximate surface area is 191 Å². The number of rotatable bonds is 8. The third-order valence-corrected chi connectivity index (χ3v) is 4.96. The van der Waals surface area contributed by atoms with Gasteiger partial charge in [-0.25, -0.2) is 4.99 Å². The van der Waals surface area contributed by atoms with Crippen molar-refractivity contribution in [3.63, 3.8) is 0 Å². The first kappa shape index (κ1) is 23.5. The van der Waals surface area contributed by atoms with Gasteiger partial charge >= 0.3 is 0 Å². The molecular weight excluding hydrogens is 477 g/mol. The number of guanidine groups is 1. The van der Waals surface area contributed by atoms with Gasteiger partial charge in [0, 0.05) is 25.6 Å². The van der Waals surface area contributed by atoms with Crippen LogP contribution in [0.15, 0.2) is 59.6 Å². The molecule has 3 rings (SSSR count). The van der Waals surface area contributed by atoms with Crippen molar-refractivity contribution in [3.8, 4) is 5.75 Å². The number of nitrogens with zero attached hydrogens (tertiary/aromatic N) is 2. The Balaban J connectivity index is 0.00000300. The van der Waals surface area contributed by atoms with E-state index in [0.29, 0.717) is 19.1 Å². The lowest BCUT2D eigenvalue weighted by molar-refractivity contribution is 0.0906. The number of benzene rings is 2. The van der Waals surface area contributed by atoms with E-state index in [1.54, 1.807) is 7.11 Å². The molecule has 1 atom stereocenters. The van der Waals surface area contributed by atoms with Crippen LogP contribution < -0.4 is 10.1 Å². The predicted molar refractivity (Wildman–Crippen MR) is 129 cm³/mol. The van der Waals surface area contributed by atoms with Crippen LogP contribution in [0.3, 0.4) is 0 Å². The summed E-state index contributed by atoms with van der Waals surface area (Å²) in [4.78, 5) is 7.18. The van der Waals surface area contributed by atoms with Crippen molar-refractivity contribution in [2.75, 3.05) is 33.4 Å². The first-order valence-corrected chi connectivity index (χ1v) is 10.1. The number of aliphatic imine (C=N–C) groups is 1. The Morgan fingerprint density at radius 1 is 1.10 bits per heavy atom. The van der Waals surface area contributed by atoms with Crippen LogP contribution in [0.1, 0.15) is 24.5 Å². The fourth-order valence-corrected chi connectivity index (χ4v) is 3.40. The summed E-state index contributed by atoms with van der Waals surface area (Å²) in [7, 11) is 1.68. The molecule has 1 aliphatic heterocycles. The number of likely N-dealkylation sites (tertiary alicyclic amines) is 1. The molecule has 158 valence electrons. The third-order valence-electron chi connectivity index (χ3n) is 4.96. The normalized spacial score (nSPS) is 16.4. The number of nitrogens with one attached hydrogen (secondary N) is 1. The molecule has 0 aromatic heterocycles. The number of methoxy groups -OCH3 is 1. The van der Waals surface area contributed by atoms with Crippen LogP contribution in [-0.4, -0.2) is 44.2 Å². The van der Waals surface area contributed by atoms with E-state index in [0.717, 1.165) is 44.4 Å². The second-order valence-electron chi connectivity index (χ2n) is 7.12. The number of hydrogen-bond acceptors (Lipinski definition) is 3. The lowest BCUT2D eigenvalue weighted by atomic mass is 10.1. The summed E-state index contributed by atoms with van der Waals surface area (Å²) in [5.41, 5.74) is 2.41. The van der Waals surface area contributed by atoms with E-state index in [-0.39, 0.29) is 24.0 Å². The van der Waals surface area contributed by atoms with Crippen molar-refractivity contribution in [2.24, 2.45) is 10.9 Å². The maximum absolute atomic E-state index is 5.94. The Hall–Kier alpha value is -1.80. The van der Waals surface area contributed by atoms with Gasteiger partial charge in [-0.3, -0.25) is 0 Å². The summed E-state index contributed by atoms with van der Waals surface area (Å²) in [6, 6.07) is 18.4. The van der Waals surface area contributed by atoms with E-state index in [1.807, 2.05) is 18.2 Å². The van der Waals surface area contributed by atoms with Crippen LogP contribution in [-0.2, 0) is 17.9 Å². The smallest absolute Gasteiger partial charge is 0.194 e. The minimum atomic E-state index is 0. The first-order chi connectivity index (χ1) is 13.8. The van der Waals surface area contributed by atoms with Crippen molar-refractivity contribution < 1.29 is 9.47 Å². The average molecular weight is 509 g/mol. The van der Waals surface area contributed by atoms with Gasteiger partial charge in [0.05, 0.1) is 26.9 Å². The molecule has 0 amide bonds. The van der Waals surface area contributed by atoms with Gasteiger partial charge < -0.3 is 19.7 Å². The van der Waals surface area contributed by atoms with Crippen LogP contribution in [0.25, 0.3) is 0 Å². The molecule has 1 unspecified atom stereocenters. The second-order valence-corrected chi connectivity index (χ2v) is 7.12. The first-order valence-electron chi connectivity index (χ1n) is 10.1. The topological polar surface area (TPSA) is 46.1 Å². The van der Waals surface area contributed by atoms with Gasteiger partial charge in [-0.15, -0.1) is 24.0 Å². The molecule has 2 aromatic rings. The summed E-state index contributed by atoms with van der Waals surface area (Å²) in [6.07, 6.45) is 1.14. The lowest BCUT2D eigenvalue weighted by Gasteiger charge is -2.21. The molecule has 1 aliphatic rings. The van der Waals surface area contributed by atoms with Gasteiger partial charge in [-0.05, 0) is 36.6 Å². The van der Waals surface area contributed by atoms with Gasteiger partial charge in [0.25, 0.3) is 0 Å². The van der Waals surface area contributed by atoms with Crippen LogP contribution in [0.4, 0.5) is 0 Å². The summed E-state index contributed by atoms with van der Waals surface area (Å²) in [6.45, 7) is 7.13. The summed E-state index contributed by atoms with van der Waals surface area (Å²) < 4.78 is 11.2. The molecule has 1 heterocycles. The quantitative estimate of drug-likeness (QED) is 0.327. The summed E-state index contributed by atoms with van der Waals surface area (Å²) in [5.74, 6) is 2.41. The highest BCUT2D eigenvalue weighted by atomic mass is 127. The van der Waals surface area contributed by atoms with Crippen molar-refractivity contribution in [3.05, 3.63) is 65.7 Å². The molecule has 0 radical (unpaired) electrons. The fraction of sp³-hybridized carbons (Fsp3) is 0.435. The molecule has 0 saturated carbocycles. The molecular formula is C23H32IN3O2. The molecule has 2 aromatic carbocycles. The maximum Gasteiger partial charge on any atom is 0.194 e. The van der Waals surface area contributed by atoms with Crippen LogP contribution in [0, 0.1) is 5.92 Å². The molecule has 0 aliphatic carbocycles. The van der Waals surface area contributed by atoms with Crippen molar-refractivity contribution in [1.29, 1.82) is 0 Å². The lowest BCUT2D eigenvalue weighted by Crippen LogP contribution is -2.40. The molecule has 0 bridgehead atoms. The Kier molecular flexibility index (Phi) is 10.3. The van der Waals surface area contributed by atoms with E-state index in [9.17, 15) is 0 Å². The maximum atomic E-state index is 5.94. The summed E-state index contributed by atoms with van der Waals surface area (Å²) >= 11 is 0. The standard InChI is InChI=1S/C23H31N3O2.HI/c1-3-24-23(25-15-19-9-11-22(27-2)12-10-19)26-14-13-21(16-26)18-28-17-20-7-5-4-6-8-20;/h4-12,21H,3,13-18H2,1-2H3,(H,24,25);1H. The third kappa shape index (κ3) is 7.51. The van der Waals surface area contributed by atoms with Gasteiger partial charge in [-0.2, -0.15) is 0 Å². The zero-order valence-electron chi connectivity index (χ0n) is 17.3. The minimum Gasteiger partial charge on any atom is -0.497 e. The highest BCUT2D eigenvalue weighted by Gasteiger charge is 2.25. The van der Waals surface area contributed by atoms with Crippen molar-refractivity contribution in [2.45, 2.75) is 26.5 Å². The van der Waals surface area contributed by atoms with E-state index in [2.05, 4.69) is 53.5 Å². The molecule has 1 fully saturated rings. The number of hydrogen-bond donors (Lipinski definition) is 1. The SMILES string of the molecule is CCNC(=NCc1ccc(OC)cc1)N1CCC(COCc2ccccc2)C1.I. The van der Waals surface area contributed by atoms with Gasteiger partial charge in [0.2, 0.25) is 0 Å². The Morgan fingerprint density at radius 2 is 1.86 bits per heavy atom. The van der Waals surface area contributed by atoms with Gasteiger partial charge in [-0.1, -0.05) is 42.5 Å². The van der Waals surface area contributed by atoms with E-state index in [1.165, 1.54) is 11.1 Å². The van der Waals surface area contributed by atoms with E-state index < -0.39 is 0 Å². The Bertz CT molecular complexity index is 738. The van der Waals surface area contributed by atoms with E-state index in [4.69, 9.17) is 14.5 Å². The monoisotopic (exact) mass is 509 g/mol. The van der Waals surface area contributed by atoms with Crippen molar-refractivity contribution in [1.82, 2.24) is 10.2 Å². The number of ether oxygens (including phenoxy) is 2. The minimum absolute atomic E-state index is 0. The molecule has 0 spiro atoms.